The maximum Gasteiger partial charge on any atom is 0.221 e. The van der Waals surface area contributed by atoms with Crippen molar-refractivity contribution in [3.05, 3.63) is 24.3 Å². The monoisotopic (exact) mass is 326 g/mol. The Hall–Kier alpha value is -1.44. The molecule has 1 aromatic rings. The number of amides is 1. The van der Waals surface area contributed by atoms with Gasteiger partial charge in [-0.05, 0) is 37.2 Å². The van der Waals surface area contributed by atoms with Crippen molar-refractivity contribution >= 4 is 21.4 Å². The molecule has 0 unspecified atom stereocenters. The van der Waals surface area contributed by atoms with Crippen LogP contribution in [0, 0.1) is 0 Å². The number of nitrogens with zero attached hydrogens (tertiary/aromatic N) is 1. The van der Waals surface area contributed by atoms with Crippen molar-refractivity contribution in [3.8, 4) is 0 Å². The lowest BCUT2D eigenvalue weighted by Crippen LogP contribution is -2.37. The Bertz CT molecular complexity index is 592. The Balaban J connectivity index is 1.87. The van der Waals surface area contributed by atoms with Gasteiger partial charge in [0.15, 0.2) is 9.84 Å². The first-order chi connectivity index (χ1) is 10.5. The van der Waals surface area contributed by atoms with Crippen LogP contribution in [-0.4, -0.2) is 57.8 Å². The fourth-order valence-corrected chi connectivity index (χ4v) is 3.67. The van der Waals surface area contributed by atoms with E-state index in [1.165, 1.54) is 19.1 Å². The maximum absolute atomic E-state index is 12.3. The number of benzene rings is 1. The van der Waals surface area contributed by atoms with Gasteiger partial charge in [0.2, 0.25) is 5.91 Å². The summed E-state index contributed by atoms with van der Waals surface area (Å²) >= 11 is 0. The molecule has 2 rings (SSSR count). The average molecular weight is 326 g/mol. The molecular weight excluding hydrogens is 304 g/mol. The summed E-state index contributed by atoms with van der Waals surface area (Å²) in [6.07, 6.45) is 0.607. The van der Waals surface area contributed by atoms with E-state index >= 15 is 0 Å². The SMILES string of the molecule is CC(=O)Nc1ccc(S(=O)(=O)CCCN2CCOCC2)cc1. The number of carbonyl (C=O) groups excluding carboxylic acids is 1. The normalized spacial score (nSPS) is 16.4. The van der Waals surface area contributed by atoms with Crippen LogP contribution in [0.15, 0.2) is 29.2 Å². The number of carbonyl (C=O) groups is 1. The predicted molar refractivity (Wildman–Crippen MR) is 84.7 cm³/mol. The van der Waals surface area contributed by atoms with Crippen molar-refractivity contribution in [2.24, 2.45) is 0 Å². The largest absolute Gasteiger partial charge is 0.379 e. The molecule has 1 aliphatic heterocycles. The van der Waals surface area contributed by atoms with E-state index in [1.54, 1.807) is 12.1 Å². The van der Waals surface area contributed by atoms with Crippen molar-refractivity contribution in [2.45, 2.75) is 18.2 Å². The van der Waals surface area contributed by atoms with Crippen LogP contribution in [0.4, 0.5) is 5.69 Å². The molecule has 0 saturated carbocycles. The van der Waals surface area contributed by atoms with Gasteiger partial charge in [0, 0.05) is 25.7 Å². The standard InChI is InChI=1S/C15H22N2O4S/c1-13(18)16-14-3-5-15(6-4-14)22(19,20)12-2-7-17-8-10-21-11-9-17/h3-6H,2,7-12H2,1H3,(H,16,18). The van der Waals surface area contributed by atoms with E-state index in [9.17, 15) is 13.2 Å². The smallest absolute Gasteiger partial charge is 0.221 e. The Morgan fingerprint density at radius 2 is 1.86 bits per heavy atom. The molecule has 0 bridgehead atoms. The zero-order valence-electron chi connectivity index (χ0n) is 12.7. The van der Waals surface area contributed by atoms with Crippen molar-refractivity contribution < 1.29 is 17.9 Å². The highest BCUT2D eigenvalue weighted by Gasteiger charge is 2.16. The number of sulfone groups is 1. The molecule has 122 valence electrons. The third-order valence-electron chi connectivity index (χ3n) is 3.52. The van der Waals surface area contributed by atoms with E-state index in [-0.39, 0.29) is 11.7 Å². The third-order valence-corrected chi connectivity index (χ3v) is 5.34. The summed E-state index contributed by atoms with van der Waals surface area (Å²) in [6.45, 7) is 5.36. The van der Waals surface area contributed by atoms with Gasteiger partial charge in [-0.25, -0.2) is 8.42 Å². The van der Waals surface area contributed by atoms with Gasteiger partial charge in [-0.1, -0.05) is 0 Å². The molecule has 1 N–H and O–H groups in total. The zero-order valence-corrected chi connectivity index (χ0v) is 13.6. The van der Waals surface area contributed by atoms with Crippen molar-refractivity contribution in [2.75, 3.05) is 43.9 Å². The quantitative estimate of drug-likeness (QED) is 0.848. The second kappa shape index (κ2) is 7.71. The van der Waals surface area contributed by atoms with Gasteiger partial charge in [0.1, 0.15) is 0 Å². The lowest BCUT2D eigenvalue weighted by atomic mass is 10.3. The molecular formula is C15H22N2O4S. The summed E-state index contributed by atoms with van der Waals surface area (Å²) in [5, 5.41) is 2.62. The molecule has 0 aliphatic carbocycles. The number of anilines is 1. The van der Waals surface area contributed by atoms with Crippen LogP contribution in [0.3, 0.4) is 0 Å². The van der Waals surface area contributed by atoms with Crippen molar-refractivity contribution in [1.29, 1.82) is 0 Å². The molecule has 0 aromatic heterocycles. The lowest BCUT2D eigenvalue weighted by Gasteiger charge is -2.26. The molecule has 1 aliphatic rings. The Morgan fingerprint density at radius 1 is 1.23 bits per heavy atom. The number of hydrogen-bond donors (Lipinski definition) is 1. The van der Waals surface area contributed by atoms with Gasteiger partial charge in [0.05, 0.1) is 23.9 Å². The summed E-state index contributed by atoms with van der Waals surface area (Å²) in [7, 11) is -3.28. The number of rotatable bonds is 6. The number of morpholine rings is 1. The first-order valence-corrected chi connectivity index (χ1v) is 9.03. The Kier molecular flexibility index (Phi) is 5.93. The van der Waals surface area contributed by atoms with Gasteiger partial charge in [-0.15, -0.1) is 0 Å². The third kappa shape index (κ3) is 5.08. The van der Waals surface area contributed by atoms with E-state index in [0.717, 1.165) is 32.8 Å². The summed E-state index contributed by atoms with van der Waals surface area (Å²) in [5.41, 5.74) is 0.597. The van der Waals surface area contributed by atoms with E-state index in [1.807, 2.05) is 0 Å². The zero-order chi connectivity index (χ0) is 16.0. The maximum atomic E-state index is 12.3. The molecule has 1 heterocycles. The predicted octanol–water partition coefficient (Wildman–Crippen LogP) is 1.14. The summed E-state index contributed by atoms with van der Waals surface area (Å²) in [5.74, 6) is -0.0507. The molecule has 0 spiro atoms. The molecule has 0 radical (unpaired) electrons. The molecule has 22 heavy (non-hydrogen) atoms. The van der Waals surface area contributed by atoms with Gasteiger partial charge >= 0.3 is 0 Å². The van der Waals surface area contributed by atoms with Crippen molar-refractivity contribution in [1.82, 2.24) is 4.90 Å². The van der Waals surface area contributed by atoms with Gasteiger partial charge < -0.3 is 10.1 Å². The minimum atomic E-state index is -3.28. The van der Waals surface area contributed by atoms with Crippen LogP contribution < -0.4 is 5.32 Å². The fraction of sp³-hybridized carbons (Fsp3) is 0.533. The van der Waals surface area contributed by atoms with Crippen LogP contribution in [0.1, 0.15) is 13.3 Å². The molecule has 1 fully saturated rings. The van der Waals surface area contributed by atoms with Gasteiger partial charge in [-0.2, -0.15) is 0 Å². The van der Waals surface area contributed by atoms with E-state index < -0.39 is 9.84 Å². The minimum Gasteiger partial charge on any atom is -0.379 e. The number of hydrogen-bond acceptors (Lipinski definition) is 5. The van der Waals surface area contributed by atoms with E-state index in [0.29, 0.717) is 17.0 Å². The van der Waals surface area contributed by atoms with Gasteiger partial charge in [-0.3, -0.25) is 9.69 Å². The second-order valence-corrected chi connectivity index (χ2v) is 7.44. The highest BCUT2D eigenvalue weighted by atomic mass is 32.2. The fourth-order valence-electron chi connectivity index (χ4n) is 2.37. The van der Waals surface area contributed by atoms with Crippen molar-refractivity contribution in [3.63, 3.8) is 0 Å². The first-order valence-electron chi connectivity index (χ1n) is 7.38. The van der Waals surface area contributed by atoms with Crippen LogP contribution in [-0.2, 0) is 19.4 Å². The van der Waals surface area contributed by atoms with Crippen LogP contribution in [0.2, 0.25) is 0 Å². The number of ether oxygens (including phenoxy) is 1. The van der Waals surface area contributed by atoms with Gasteiger partial charge in [0.25, 0.3) is 0 Å². The first kappa shape index (κ1) is 16.9. The summed E-state index contributed by atoms with van der Waals surface area (Å²) in [6, 6.07) is 6.29. The molecule has 0 atom stereocenters. The minimum absolute atomic E-state index is 0.129. The molecule has 1 saturated heterocycles. The van der Waals surface area contributed by atoms with Crippen LogP contribution in [0.25, 0.3) is 0 Å². The molecule has 7 heteroatoms. The summed E-state index contributed by atoms with van der Waals surface area (Å²) in [4.78, 5) is 13.5. The second-order valence-electron chi connectivity index (χ2n) is 5.33. The number of nitrogens with one attached hydrogen (secondary N) is 1. The lowest BCUT2D eigenvalue weighted by molar-refractivity contribution is -0.114. The Morgan fingerprint density at radius 3 is 2.45 bits per heavy atom. The van der Waals surface area contributed by atoms with E-state index in [4.69, 9.17) is 4.74 Å². The van der Waals surface area contributed by atoms with E-state index in [2.05, 4.69) is 10.2 Å². The Labute approximate surface area is 131 Å². The highest BCUT2D eigenvalue weighted by molar-refractivity contribution is 7.91. The average Bonchev–Trinajstić information content (AvgIpc) is 2.48. The molecule has 6 nitrogen and oxygen atoms in total. The summed E-state index contributed by atoms with van der Waals surface area (Å²) < 4.78 is 29.8. The molecule has 1 amide bonds. The van der Waals surface area contributed by atoms with Crippen LogP contribution in [0.5, 0.6) is 0 Å². The highest BCUT2D eigenvalue weighted by Crippen LogP contribution is 2.16. The molecule has 1 aromatic carbocycles. The topological polar surface area (TPSA) is 75.7 Å². The van der Waals surface area contributed by atoms with Crippen LogP contribution >= 0.6 is 0 Å².